The van der Waals surface area contributed by atoms with Crippen molar-refractivity contribution in [2.45, 2.75) is 31.3 Å². The fourth-order valence-corrected chi connectivity index (χ4v) is 4.41. The number of benzene rings is 2. The number of aliphatic imine (C=N–C) groups is 1. The van der Waals surface area contributed by atoms with Crippen LogP contribution in [0.2, 0.25) is 10.0 Å². The molecule has 1 fully saturated rings. The van der Waals surface area contributed by atoms with E-state index in [1.807, 2.05) is 0 Å². The van der Waals surface area contributed by atoms with Gasteiger partial charge in [0.25, 0.3) is 0 Å². The van der Waals surface area contributed by atoms with Gasteiger partial charge in [0.1, 0.15) is 17.8 Å². The van der Waals surface area contributed by atoms with Crippen molar-refractivity contribution in [3.8, 4) is 5.75 Å². The largest absolute Gasteiger partial charge is 0.508 e. The molecular formula is C24H22Cl2N4O5. The minimum atomic E-state index is -0.935. The highest BCUT2D eigenvalue weighted by molar-refractivity contribution is 6.37. The van der Waals surface area contributed by atoms with Crippen molar-refractivity contribution >= 4 is 46.9 Å². The Balaban J connectivity index is 1.48. The minimum absolute atomic E-state index is 0.0289. The molecule has 0 aliphatic carbocycles. The van der Waals surface area contributed by atoms with E-state index in [2.05, 4.69) is 10.3 Å². The summed E-state index contributed by atoms with van der Waals surface area (Å²) in [6, 6.07) is 9.46. The molecule has 4 N–H and O–H groups in total. The van der Waals surface area contributed by atoms with Crippen molar-refractivity contribution < 1.29 is 24.2 Å². The summed E-state index contributed by atoms with van der Waals surface area (Å²) in [4.78, 5) is 43.4. The highest BCUT2D eigenvalue weighted by Crippen LogP contribution is 2.27. The van der Waals surface area contributed by atoms with E-state index < -0.39 is 29.9 Å². The summed E-state index contributed by atoms with van der Waals surface area (Å²) in [5, 5.41) is 12.9. The maximum atomic E-state index is 13.0. The maximum Gasteiger partial charge on any atom is 0.365 e. The molecule has 2 atom stereocenters. The van der Waals surface area contributed by atoms with Crippen LogP contribution in [0.25, 0.3) is 0 Å². The summed E-state index contributed by atoms with van der Waals surface area (Å²) in [7, 11) is 0. The molecule has 2 aromatic carbocycles. The lowest BCUT2D eigenvalue weighted by Gasteiger charge is -2.24. The van der Waals surface area contributed by atoms with Gasteiger partial charge in [0.15, 0.2) is 5.70 Å². The standard InChI is InChI=1S/C24H22Cl2N4O5/c25-14-5-8-16(17(26)11-14)23-29-19(24(34)35-23)12-30-9-1-2-20(30)22(33)28-18(21(27)32)10-13-3-6-15(31)7-4-13/h3-8,11-12,18,20,31H,1-2,9-10H2,(H2,27,32)(H,28,33)/b19-12-/t18-,20-/m0/s1. The van der Waals surface area contributed by atoms with E-state index >= 15 is 0 Å². The van der Waals surface area contributed by atoms with Crippen molar-refractivity contribution in [3.63, 3.8) is 0 Å². The summed E-state index contributed by atoms with van der Waals surface area (Å²) in [6.07, 6.45) is 2.89. The third-order valence-electron chi connectivity index (χ3n) is 5.70. The van der Waals surface area contributed by atoms with Crippen LogP contribution in [0.4, 0.5) is 0 Å². The lowest BCUT2D eigenvalue weighted by molar-refractivity contribution is -0.130. The Kier molecular flexibility index (Phi) is 7.28. The number of amides is 2. The average molecular weight is 517 g/mol. The summed E-state index contributed by atoms with van der Waals surface area (Å²) >= 11 is 12.1. The fourth-order valence-electron chi connectivity index (χ4n) is 3.92. The number of phenolic OH excluding ortho intramolecular Hbond substituents is 1. The Morgan fingerprint density at radius 1 is 1.26 bits per heavy atom. The number of primary amides is 1. The van der Waals surface area contributed by atoms with Gasteiger partial charge in [0.2, 0.25) is 17.7 Å². The van der Waals surface area contributed by atoms with Gasteiger partial charge in [-0.2, -0.15) is 0 Å². The molecule has 182 valence electrons. The van der Waals surface area contributed by atoms with E-state index in [9.17, 15) is 19.5 Å². The van der Waals surface area contributed by atoms with Gasteiger partial charge in [0.05, 0.1) is 10.6 Å². The quantitative estimate of drug-likeness (QED) is 0.382. The van der Waals surface area contributed by atoms with Crippen LogP contribution in [-0.2, 0) is 25.5 Å². The van der Waals surface area contributed by atoms with Crippen molar-refractivity contribution in [1.82, 2.24) is 10.2 Å². The first-order valence-corrected chi connectivity index (χ1v) is 11.6. The highest BCUT2D eigenvalue weighted by Gasteiger charge is 2.34. The van der Waals surface area contributed by atoms with Gasteiger partial charge in [-0.05, 0) is 48.7 Å². The molecule has 2 heterocycles. The zero-order valence-corrected chi connectivity index (χ0v) is 19.9. The van der Waals surface area contributed by atoms with Crippen molar-refractivity contribution in [2.75, 3.05) is 6.54 Å². The van der Waals surface area contributed by atoms with Crippen LogP contribution in [0.5, 0.6) is 5.75 Å². The molecule has 1 saturated heterocycles. The van der Waals surface area contributed by atoms with Crippen LogP contribution >= 0.6 is 23.2 Å². The number of phenols is 1. The van der Waals surface area contributed by atoms with Crippen molar-refractivity contribution in [1.29, 1.82) is 0 Å². The number of carbonyl (C=O) groups excluding carboxylic acids is 3. The van der Waals surface area contributed by atoms with Gasteiger partial charge in [0, 0.05) is 24.2 Å². The third-order valence-corrected chi connectivity index (χ3v) is 6.25. The Morgan fingerprint density at radius 2 is 2.00 bits per heavy atom. The molecule has 0 aromatic heterocycles. The second-order valence-electron chi connectivity index (χ2n) is 8.17. The topological polar surface area (TPSA) is 134 Å². The molecule has 2 aliphatic rings. The average Bonchev–Trinajstić information content (AvgIpc) is 3.41. The number of hydrogen-bond acceptors (Lipinski definition) is 7. The molecule has 0 saturated carbocycles. The zero-order chi connectivity index (χ0) is 25.1. The minimum Gasteiger partial charge on any atom is -0.508 e. The molecular weight excluding hydrogens is 495 g/mol. The molecule has 35 heavy (non-hydrogen) atoms. The van der Waals surface area contributed by atoms with E-state index in [0.29, 0.717) is 30.0 Å². The Morgan fingerprint density at radius 3 is 2.69 bits per heavy atom. The zero-order valence-electron chi connectivity index (χ0n) is 18.4. The number of rotatable bonds is 7. The smallest absolute Gasteiger partial charge is 0.365 e. The normalized spacial score (nSPS) is 19.4. The van der Waals surface area contributed by atoms with E-state index in [-0.39, 0.29) is 28.8 Å². The SMILES string of the molecule is NC(=O)[C@H](Cc1ccc(O)cc1)NC(=O)[C@@H]1CCCN1/C=C1\N=C(c2ccc(Cl)cc2Cl)OC1=O. The van der Waals surface area contributed by atoms with E-state index in [0.717, 1.165) is 5.56 Å². The number of hydrogen-bond donors (Lipinski definition) is 3. The van der Waals surface area contributed by atoms with E-state index in [1.165, 1.54) is 24.4 Å². The van der Waals surface area contributed by atoms with Gasteiger partial charge < -0.3 is 25.8 Å². The molecule has 2 aliphatic heterocycles. The Bertz CT molecular complexity index is 1230. The summed E-state index contributed by atoms with van der Waals surface area (Å²) in [5.41, 5.74) is 6.69. The van der Waals surface area contributed by atoms with E-state index in [1.54, 1.807) is 29.2 Å². The number of nitrogens with one attached hydrogen (secondary N) is 1. The number of ether oxygens (including phenoxy) is 1. The molecule has 4 rings (SSSR count). The third kappa shape index (κ3) is 5.75. The lowest BCUT2D eigenvalue weighted by atomic mass is 10.0. The van der Waals surface area contributed by atoms with Crippen LogP contribution in [0.1, 0.15) is 24.0 Å². The van der Waals surface area contributed by atoms with Crippen LogP contribution in [0.15, 0.2) is 59.4 Å². The van der Waals surface area contributed by atoms with E-state index in [4.69, 9.17) is 33.7 Å². The summed E-state index contributed by atoms with van der Waals surface area (Å²) in [6.45, 7) is 0.515. The number of halogens is 2. The number of carbonyl (C=O) groups is 3. The van der Waals surface area contributed by atoms with Gasteiger partial charge in [-0.25, -0.2) is 9.79 Å². The molecule has 0 unspecified atom stereocenters. The highest BCUT2D eigenvalue weighted by atomic mass is 35.5. The van der Waals surface area contributed by atoms with Crippen LogP contribution in [0.3, 0.4) is 0 Å². The molecule has 11 heteroatoms. The molecule has 2 amide bonds. The number of nitrogens with two attached hydrogens (primary N) is 1. The van der Waals surface area contributed by atoms with Crippen molar-refractivity contribution in [3.05, 3.63) is 75.5 Å². The maximum absolute atomic E-state index is 13.0. The lowest BCUT2D eigenvalue weighted by Crippen LogP contribution is -2.51. The van der Waals surface area contributed by atoms with Crippen LogP contribution in [0, 0.1) is 0 Å². The Hall–Kier alpha value is -3.56. The number of likely N-dealkylation sites (tertiary alicyclic amines) is 1. The van der Waals surface area contributed by atoms with Gasteiger partial charge in [-0.3, -0.25) is 9.59 Å². The van der Waals surface area contributed by atoms with Crippen LogP contribution in [-0.4, -0.2) is 52.3 Å². The first kappa shape index (κ1) is 24.6. The molecule has 2 aromatic rings. The van der Waals surface area contributed by atoms with Gasteiger partial charge in [-0.1, -0.05) is 35.3 Å². The number of nitrogens with zero attached hydrogens (tertiary/aromatic N) is 2. The predicted molar refractivity (Wildman–Crippen MR) is 130 cm³/mol. The second-order valence-corrected chi connectivity index (χ2v) is 9.02. The molecule has 0 spiro atoms. The first-order chi connectivity index (χ1) is 16.7. The number of aromatic hydroxyl groups is 1. The fraction of sp³-hybridized carbons (Fsp3) is 0.250. The monoisotopic (exact) mass is 516 g/mol. The second kappa shape index (κ2) is 10.4. The molecule has 0 radical (unpaired) electrons. The van der Waals surface area contributed by atoms with Gasteiger partial charge in [-0.15, -0.1) is 0 Å². The van der Waals surface area contributed by atoms with Crippen LogP contribution < -0.4 is 11.1 Å². The van der Waals surface area contributed by atoms with Crippen molar-refractivity contribution in [2.24, 2.45) is 10.7 Å². The number of esters is 1. The summed E-state index contributed by atoms with van der Waals surface area (Å²) in [5.74, 6) is -1.59. The predicted octanol–water partition coefficient (Wildman–Crippen LogP) is 2.52. The molecule has 0 bridgehead atoms. The summed E-state index contributed by atoms with van der Waals surface area (Å²) < 4.78 is 5.27. The number of cyclic esters (lactones) is 1. The Labute approximate surface area is 211 Å². The first-order valence-electron chi connectivity index (χ1n) is 10.8. The molecule has 9 nitrogen and oxygen atoms in total. The van der Waals surface area contributed by atoms with Gasteiger partial charge >= 0.3 is 5.97 Å².